The molecule has 1 saturated heterocycles. The Bertz CT molecular complexity index is 1040. The second kappa shape index (κ2) is 6.77. The molecule has 1 N–H and O–H groups in total. The summed E-state index contributed by atoms with van der Waals surface area (Å²) in [5.41, 5.74) is -0.411. The number of imide groups is 1. The quantitative estimate of drug-likeness (QED) is 0.698. The van der Waals surface area contributed by atoms with Crippen LogP contribution >= 0.6 is 0 Å². The highest BCUT2D eigenvalue weighted by atomic mass is 19.1. The van der Waals surface area contributed by atoms with E-state index in [1.54, 1.807) is 55.7 Å². The number of hydrogen-bond donors (Lipinski definition) is 1. The summed E-state index contributed by atoms with van der Waals surface area (Å²) in [6.45, 7) is 1.60. The van der Waals surface area contributed by atoms with Gasteiger partial charge in [0.15, 0.2) is 0 Å². The number of carbonyl (C=O) groups excluding carboxylic acids is 2. The van der Waals surface area contributed by atoms with Crippen molar-refractivity contribution >= 4 is 17.6 Å². The molecule has 3 aromatic rings. The first-order valence-electron chi connectivity index (χ1n) is 8.58. The van der Waals surface area contributed by atoms with Crippen LogP contribution in [-0.4, -0.2) is 16.9 Å². The number of amides is 3. The molecule has 4 rings (SSSR count). The smallest absolute Gasteiger partial charge is 0.329 e. The summed E-state index contributed by atoms with van der Waals surface area (Å²) in [5, 5.41) is 2.70. The van der Waals surface area contributed by atoms with Gasteiger partial charge in [-0.15, -0.1) is 0 Å². The highest BCUT2D eigenvalue weighted by Crippen LogP contribution is 2.34. The van der Waals surface area contributed by atoms with Crippen molar-refractivity contribution in [1.82, 2.24) is 10.3 Å². The number of anilines is 1. The molecule has 3 amide bonds. The van der Waals surface area contributed by atoms with E-state index < -0.39 is 23.3 Å². The maximum atomic E-state index is 13.2. The van der Waals surface area contributed by atoms with Gasteiger partial charge in [0.1, 0.15) is 22.9 Å². The summed E-state index contributed by atoms with van der Waals surface area (Å²) in [5.74, 6) is 0.187. The van der Waals surface area contributed by atoms with Crippen LogP contribution in [0.1, 0.15) is 12.5 Å². The lowest BCUT2D eigenvalue weighted by Crippen LogP contribution is -2.40. The molecule has 1 unspecified atom stereocenters. The van der Waals surface area contributed by atoms with Gasteiger partial charge in [0.25, 0.3) is 5.91 Å². The van der Waals surface area contributed by atoms with E-state index in [4.69, 9.17) is 4.74 Å². The maximum Gasteiger partial charge on any atom is 0.329 e. The maximum absolute atomic E-state index is 13.2. The van der Waals surface area contributed by atoms with Gasteiger partial charge in [-0.25, -0.2) is 14.1 Å². The summed E-state index contributed by atoms with van der Waals surface area (Å²) in [4.78, 5) is 30.7. The summed E-state index contributed by atoms with van der Waals surface area (Å²) in [6, 6.07) is 15.0. The Morgan fingerprint density at radius 3 is 2.43 bits per heavy atom. The van der Waals surface area contributed by atoms with Crippen LogP contribution in [0.4, 0.5) is 14.9 Å². The number of benzene rings is 2. The predicted molar refractivity (Wildman–Crippen MR) is 101 cm³/mol. The zero-order chi connectivity index (χ0) is 19.7. The number of nitrogens with zero attached hydrogens (tertiary/aromatic N) is 2. The summed E-state index contributed by atoms with van der Waals surface area (Å²) in [7, 11) is 0. The zero-order valence-electron chi connectivity index (χ0n) is 14.9. The molecule has 140 valence electrons. The van der Waals surface area contributed by atoms with Gasteiger partial charge >= 0.3 is 6.03 Å². The first-order valence-corrected chi connectivity index (χ1v) is 8.58. The summed E-state index contributed by atoms with van der Waals surface area (Å²) < 4.78 is 19.0. The molecule has 1 aliphatic rings. The van der Waals surface area contributed by atoms with Crippen molar-refractivity contribution in [3.8, 4) is 11.5 Å². The van der Waals surface area contributed by atoms with E-state index in [0.717, 1.165) is 4.90 Å². The lowest BCUT2D eigenvalue weighted by molar-refractivity contribution is -0.121. The van der Waals surface area contributed by atoms with Gasteiger partial charge in [-0.3, -0.25) is 9.78 Å². The molecule has 0 saturated carbocycles. The van der Waals surface area contributed by atoms with Crippen molar-refractivity contribution in [2.24, 2.45) is 0 Å². The lowest BCUT2D eigenvalue weighted by atomic mass is 9.92. The van der Waals surface area contributed by atoms with E-state index in [1.807, 2.05) is 0 Å². The highest BCUT2D eigenvalue weighted by Gasteiger charge is 2.49. The van der Waals surface area contributed by atoms with Crippen molar-refractivity contribution in [2.75, 3.05) is 4.90 Å². The fourth-order valence-electron chi connectivity index (χ4n) is 3.08. The topological polar surface area (TPSA) is 71.5 Å². The largest absolute Gasteiger partial charge is 0.457 e. The van der Waals surface area contributed by atoms with Crippen molar-refractivity contribution in [3.63, 3.8) is 0 Å². The van der Waals surface area contributed by atoms with Crippen LogP contribution in [0, 0.1) is 5.82 Å². The van der Waals surface area contributed by atoms with E-state index in [9.17, 15) is 14.0 Å². The standard InChI is InChI=1S/C21H16FN3O3/c1-21(14-5-7-15(22)8-6-14)19(26)25(20(27)24-21)16-3-2-4-18(13-16)28-17-9-11-23-12-10-17/h2-13H,1H3,(H,24,27). The van der Waals surface area contributed by atoms with E-state index in [0.29, 0.717) is 22.7 Å². The predicted octanol–water partition coefficient (Wildman–Crippen LogP) is 3.98. The van der Waals surface area contributed by atoms with E-state index in [-0.39, 0.29) is 0 Å². The Hall–Kier alpha value is -3.74. The third-order valence-corrected chi connectivity index (χ3v) is 4.57. The van der Waals surface area contributed by atoms with Gasteiger partial charge in [-0.05, 0) is 48.9 Å². The second-order valence-electron chi connectivity index (χ2n) is 6.48. The third-order valence-electron chi connectivity index (χ3n) is 4.57. The Labute approximate surface area is 160 Å². The molecule has 2 aromatic carbocycles. The summed E-state index contributed by atoms with van der Waals surface area (Å²) >= 11 is 0. The molecule has 1 aromatic heterocycles. The van der Waals surface area contributed by atoms with Gasteiger partial charge in [0.05, 0.1) is 5.69 Å². The van der Waals surface area contributed by atoms with Gasteiger partial charge in [0.2, 0.25) is 0 Å². The average Bonchev–Trinajstić information content (AvgIpc) is 2.92. The Balaban J connectivity index is 1.64. The fraction of sp³-hybridized carbons (Fsp3) is 0.0952. The van der Waals surface area contributed by atoms with Crippen LogP contribution in [0.3, 0.4) is 0 Å². The van der Waals surface area contributed by atoms with Crippen molar-refractivity contribution in [2.45, 2.75) is 12.5 Å². The molecule has 1 fully saturated rings. The lowest BCUT2D eigenvalue weighted by Gasteiger charge is -2.22. The molecule has 6 nitrogen and oxygen atoms in total. The number of ether oxygens (including phenoxy) is 1. The number of nitrogens with one attached hydrogen (secondary N) is 1. The zero-order valence-corrected chi connectivity index (χ0v) is 14.9. The fourth-order valence-corrected chi connectivity index (χ4v) is 3.08. The number of carbonyl (C=O) groups is 2. The second-order valence-corrected chi connectivity index (χ2v) is 6.48. The molecule has 1 atom stereocenters. The van der Waals surface area contributed by atoms with Crippen LogP contribution in [0.5, 0.6) is 11.5 Å². The number of hydrogen-bond acceptors (Lipinski definition) is 4. The first kappa shape index (κ1) is 17.7. The van der Waals surface area contributed by atoms with Crippen LogP contribution in [0.25, 0.3) is 0 Å². The molecular weight excluding hydrogens is 361 g/mol. The van der Waals surface area contributed by atoms with Crippen LogP contribution in [-0.2, 0) is 10.3 Å². The molecule has 2 heterocycles. The number of pyridine rings is 1. The molecule has 0 spiro atoms. The number of rotatable bonds is 4. The van der Waals surface area contributed by atoms with Crippen LogP contribution in [0.15, 0.2) is 73.1 Å². The van der Waals surface area contributed by atoms with Gasteiger partial charge in [0, 0.05) is 18.5 Å². The molecule has 1 aliphatic heterocycles. The first-order chi connectivity index (χ1) is 13.5. The Morgan fingerprint density at radius 1 is 1.00 bits per heavy atom. The van der Waals surface area contributed by atoms with E-state index >= 15 is 0 Å². The molecule has 28 heavy (non-hydrogen) atoms. The molecule has 0 radical (unpaired) electrons. The SMILES string of the molecule is CC1(c2ccc(F)cc2)NC(=O)N(c2cccc(Oc3ccncc3)c2)C1=O. The van der Waals surface area contributed by atoms with Crippen LogP contribution < -0.4 is 15.0 Å². The normalized spacial score (nSPS) is 18.9. The van der Waals surface area contributed by atoms with Gasteiger partial charge in [-0.1, -0.05) is 18.2 Å². The average molecular weight is 377 g/mol. The van der Waals surface area contributed by atoms with Crippen molar-refractivity contribution in [3.05, 3.63) is 84.4 Å². The number of halogens is 1. The minimum Gasteiger partial charge on any atom is -0.457 e. The van der Waals surface area contributed by atoms with E-state index in [1.165, 1.54) is 24.3 Å². The van der Waals surface area contributed by atoms with E-state index in [2.05, 4.69) is 10.3 Å². The number of aromatic nitrogens is 1. The molecule has 0 bridgehead atoms. The van der Waals surface area contributed by atoms with Gasteiger partial charge in [-0.2, -0.15) is 0 Å². The van der Waals surface area contributed by atoms with Crippen LogP contribution in [0.2, 0.25) is 0 Å². The third kappa shape index (κ3) is 3.07. The minimum atomic E-state index is -1.28. The van der Waals surface area contributed by atoms with Crippen molar-refractivity contribution < 1.29 is 18.7 Å². The Kier molecular flexibility index (Phi) is 4.27. The monoisotopic (exact) mass is 377 g/mol. The molecular formula is C21H16FN3O3. The highest BCUT2D eigenvalue weighted by molar-refractivity contribution is 6.23. The molecule has 0 aliphatic carbocycles. The molecule has 7 heteroatoms. The minimum absolute atomic E-state index is 0.375. The number of urea groups is 1. The van der Waals surface area contributed by atoms with Crippen molar-refractivity contribution in [1.29, 1.82) is 0 Å². The Morgan fingerprint density at radius 2 is 1.71 bits per heavy atom. The van der Waals surface area contributed by atoms with Gasteiger partial charge < -0.3 is 10.1 Å². The summed E-state index contributed by atoms with van der Waals surface area (Å²) in [6.07, 6.45) is 3.20.